The minimum Gasteiger partial charge on any atom is -0.403 e. The number of sulfonamides is 1. The molecule has 0 N–H and O–H groups in total. The van der Waals surface area contributed by atoms with Gasteiger partial charge in [0.2, 0.25) is 16.4 Å². The predicted molar refractivity (Wildman–Crippen MR) is 163 cm³/mol. The zero-order chi connectivity index (χ0) is 33.8. The van der Waals surface area contributed by atoms with Crippen molar-refractivity contribution in [2.75, 3.05) is 32.7 Å². The van der Waals surface area contributed by atoms with E-state index < -0.39 is 40.4 Å². The lowest BCUT2D eigenvalue weighted by molar-refractivity contribution is -0.217. The number of hydrogen-bond acceptors (Lipinski definition) is 7. The average molecular weight is 664 g/mol. The molecule has 0 radical (unpaired) electrons. The number of halogens is 3. The molecule has 3 aromatic rings. The summed E-state index contributed by atoms with van der Waals surface area (Å²) < 4.78 is 81.6. The topological polar surface area (TPSA) is 110 Å². The first-order valence-electron chi connectivity index (χ1n) is 14.9. The number of ether oxygens (including phenoxy) is 1. The first kappa shape index (κ1) is 33.6. The number of aromatic nitrogens is 1. The third kappa shape index (κ3) is 5.71. The molecule has 46 heavy (non-hydrogen) atoms. The number of esters is 1. The Morgan fingerprint density at radius 1 is 1.02 bits per heavy atom. The van der Waals surface area contributed by atoms with Gasteiger partial charge in [0.1, 0.15) is 35.4 Å². The zero-order valence-corrected chi connectivity index (χ0v) is 27.4. The molecule has 10 nitrogen and oxygen atoms in total. The van der Waals surface area contributed by atoms with Gasteiger partial charge in [0.25, 0.3) is 6.23 Å². The summed E-state index contributed by atoms with van der Waals surface area (Å²) in [4.78, 5) is 25.8. The van der Waals surface area contributed by atoms with Crippen LogP contribution in [0.25, 0.3) is 0 Å². The monoisotopic (exact) mass is 663 g/mol. The molecule has 0 aliphatic carbocycles. The summed E-state index contributed by atoms with van der Waals surface area (Å²) in [5.74, 6) is -2.79. The fraction of sp³-hybridized carbons (Fsp3) is 0.469. The number of rotatable bonds is 7. The summed E-state index contributed by atoms with van der Waals surface area (Å²) in [7, 11) is -4.19. The molecule has 248 valence electrons. The standard InChI is InChI=1S/C32H38F3N4O6S/c1-19-10-11-20(2)26(14-19)39(13-12-37(18-40)17-28(39)44-31(41)32(33,34)35)27-16-38(46(42,43)30-23(5)36-45-24(30)6)15-25(27)29-21(3)8-7-9-22(29)4/h7-11,14,18,25,27-28H,12-13,15-17H2,1-6H3/q+1/t25-,27-,28?,39-/m0/s1. The van der Waals surface area contributed by atoms with Crippen molar-refractivity contribution < 1.29 is 40.4 Å². The van der Waals surface area contributed by atoms with Gasteiger partial charge >= 0.3 is 12.1 Å². The molecule has 2 aliphatic heterocycles. The molecular formula is C32H38F3N4O6S+. The van der Waals surface area contributed by atoms with E-state index in [2.05, 4.69) is 5.16 Å². The fourth-order valence-electron chi connectivity index (χ4n) is 7.38. The maximum atomic E-state index is 14.3. The third-order valence-corrected chi connectivity index (χ3v) is 11.5. The number of benzene rings is 2. The van der Waals surface area contributed by atoms with E-state index in [0.29, 0.717) is 12.1 Å². The van der Waals surface area contributed by atoms with Gasteiger partial charge in [0.05, 0.1) is 19.0 Å². The average Bonchev–Trinajstić information content (AvgIpc) is 3.58. The van der Waals surface area contributed by atoms with Crippen molar-refractivity contribution in [1.82, 2.24) is 18.8 Å². The van der Waals surface area contributed by atoms with Gasteiger partial charge in [-0.15, -0.1) is 0 Å². The Balaban J connectivity index is 1.79. The van der Waals surface area contributed by atoms with Gasteiger partial charge in [-0.3, -0.25) is 4.79 Å². The first-order chi connectivity index (χ1) is 21.5. The number of alkyl halides is 3. The Morgan fingerprint density at radius 2 is 1.70 bits per heavy atom. The maximum absolute atomic E-state index is 14.3. The fourth-order valence-corrected chi connectivity index (χ4v) is 9.15. The molecule has 0 spiro atoms. The van der Waals surface area contributed by atoms with Crippen LogP contribution in [0, 0.1) is 41.5 Å². The molecule has 1 amide bonds. The van der Waals surface area contributed by atoms with E-state index >= 15 is 0 Å². The number of nitrogens with zero attached hydrogens (tertiary/aromatic N) is 4. The molecule has 1 aromatic heterocycles. The molecule has 5 rings (SSSR count). The van der Waals surface area contributed by atoms with Gasteiger partial charge in [-0.25, -0.2) is 17.7 Å². The van der Waals surface area contributed by atoms with Crippen LogP contribution in [-0.4, -0.2) is 86.3 Å². The second kappa shape index (κ2) is 12.1. The van der Waals surface area contributed by atoms with Crippen molar-refractivity contribution in [1.29, 1.82) is 0 Å². The van der Waals surface area contributed by atoms with Gasteiger partial charge in [0, 0.05) is 18.2 Å². The van der Waals surface area contributed by atoms with E-state index in [4.69, 9.17) is 9.26 Å². The summed E-state index contributed by atoms with van der Waals surface area (Å²) in [6.07, 6.45) is -6.26. The van der Waals surface area contributed by atoms with Crippen LogP contribution < -0.4 is 4.48 Å². The van der Waals surface area contributed by atoms with E-state index in [1.165, 1.54) is 23.1 Å². The van der Waals surface area contributed by atoms with Crippen molar-refractivity contribution in [2.24, 2.45) is 0 Å². The number of quaternary nitrogens is 1. The van der Waals surface area contributed by atoms with Crippen molar-refractivity contribution >= 4 is 28.1 Å². The minimum absolute atomic E-state index is 0.00491. The highest BCUT2D eigenvalue weighted by molar-refractivity contribution is 7.89. The third-order valence-electron chi connectivity index (χ3n) is 9.42. The molecule has 14 heteroatoms. The molecule has 0 bridgehead atoms. The van der Waals surface area contributed by atoms with E-state index in [1.54, 1.807) is 0 Å². The van der Waals surface area contributed by atoms with E-state index in [-0.39, 0.29) is 53.6 Å². The van der Waals surface area contributed by atoms with E-state index in [9.17, 15) is 31.2 Å². The SMILES string of the molecule is Cc1ccc(C)c([N@+]2([C@H]3CN(S(=O)(=O)c4c(C)noc4C)C[C@@H]3c3c(C)cccc3C)CCN(C=O)CC2OC(=O)C(F)(F)F)c1. The predicted octanol–water partition coefficient (Wildman–Crippen LogP) is 4.59. The second-order valence-corrected chi connectivity index (χ2v) is 14.2. The smallest absolute Gasteiger partial charge is 0.403 e. The summed E-state index contributed by atoms with van der Waals surface area (Å²) in [6, 6.07) is 10.6. The van der Waals surface area contributed by atoms with Crippen LogP contribution in [-0.2, 0) is 24.3 Å². The first-order valence-corrected chi connectivity index (χ1v) is 16.4. The van der Waals surface area contributed by atoms with Crippen LogP contribution in [0.2, 0.25) is 0 Å². The zero-order valence-electron chi connectivity index (χ0n) is 26.6. The van der Waals surface area contributed by atoms with Crippen LogP contribution in [0.15, 0.2) is 45.8 Å². The number of piperazine rings is 1. The summed E-state index contributed by atoms with van der Waals surface area (Å²) in [6.45, 7) is 10.4. The van der Waals surface area contributed by atoms with Crippen molar-refractivity contribution in [3.63, 3.8) is 0 Å². The summed E-state index contributed by atoms with van der Waals surface area (Å²) >= 11 is 0. The lowest BCUT2D eigenvalue weighted by Crippen LogP contribution is -2.73. The van der Waals surface area contributed by atoms with Gasteiger partial charge < -0.3 is 14.2 Å². The highest BCUT2D eigenvalue weighted by Gasteiger charge is 2.60. The molecule has 2 saturated heterocycles. The highest BCUT2D eigenvalue weighted by Crippen LogP contribution is 2.47. The molecule has 4 atom stereocenters. The second-order valence-electron chi connectivity index (χ2n) is 12.4. The van der Waals surface area contributed by atoms with Crippen molar-refractivity contribution in [3.05, 3.63) is 75.7 Å². The number of hydrogen-bond donors (Lipinski definition) is 0. The van der Waals surface area contributed by atoms with Crippen LogP contribution in [0.5, 0.6) is 0 Å². The summed E-state index contributed by atoms with van der Waals surface area (Å²) in [5.41, 5.74) is 4.99. The van der Waals surface area contributed by atoms with Crippen molar-refractivity contribution in [3.8, 4) is 0 Å². The molecule has 3 heterocycles. The van der Waals surface area contributed by atoms with Gasteiger partial charge in [-0.1, -0.05) is 35.5 Å². The molecular weight excluding hydrogens is 625 g/mol. The molecule has 2 aliphatic rings. The minimum atomic E-state index is -5.29. The van der Waals surface area contributed by atoms with E-state index in [0.717, 1.165) is 27.8 Å². The Labute approximate surface area is 266 Å². The Hall–Kier alpha value is -3.75. The largest absolute Gasteiger partial charge is 0.491 e. The van der Waals surface area contributed by atoms with Crippen molar-refractivity contribution in [2.45, 2.75) is 70.8 Å². The maximum Gasteiger partial charge on any atom is 0.491 e. The molecule has 0 saturated carbocycles. The van der Waals surface area contributed by atoms with Crippen LogP contribution >= 0.6 is 0 Å². The number of amides is 1. The van der Waals surface area contributed by atoms with E-state index in [1.807, 2.05) is 64.1 Å². The lowest BCUT2D eigenvalue weighted by atomic mass is 9.84. The normalized spacial score (nSPS) is 24.3. The lowest BCUT2D eigenvalue weighted by Gasteiger charge is -2.53. The van der Waals surface area contributed by atoms with Crippen LogP contribution in [0.4, 0.5) is 18.9 Å². The molecule has 2 aromatic carbocycles. The van der Waals surface area contributed by atoms with Gasteiger partial charge in [-0.05, 0) is 63.8 Å². The number of aryl methyl sites for hydroxylation is 6. The summed E-state index contributed by atoms with van der Waals surface area (Å²) in [5, 5.41) is 3.85. The quantitative estimate of drug-likeness (QED) is 0.207. The van der Waals surface area contributed by atoms with Gasteiger partial charge in [0.15, 0.2) is 5.76 Å². The Bertz CT molecular complexity index is 1740. The Kier molecular flexibility index (Phi) is 8.86. The highest BCUT2D eigenvalue weighted by atomic mass is 32.2. The molecule has 1 unspecified atom stereocenters. The Morgan fingerprint density at radius 3 is 2.28 bits per heavy atom. The molecule has 2 fully saturated rings. The van der Waals surface area contributed by atoms with Crippen LogP contribution in [0.1, 0.15) is 45.2 Å². The number of carbonyl (C=O) groups is 2. The van der Waals surface area contributed by atoms with Gasteiger partial charge in [-0.2, -0.15) is 17.5 Å². The number of carbonyl (C=O) groups excluding carboxylic acids is 2. The van der Waals surface area contributed by atoms with Crippen LogP contribution in [0.3, 0.4) is 0 Å².